The lowest BCUT2D eigenvalue weighted by atomic mass is 10.2. The molecular formula is C13H7Cl2FN2. The first-order chi connectivity index (χ1) is 8.60. The van der Waals surface area contributed by atoms with Gasteiger partial charge in [-0.15, -0.1) is 0 Å². The highest BCUT2D eigenvalue weighted by molar-refractivity contribution is 6.35. The summed E-state index contributed by atoms with van der Waals surface area (Å²) in [6, 6.07) is 11.7. The number of benzene rings is 2. The summed E-state index contributed by atoms with van der Waals surface area (Å²) in [6.45, 7) is 0. The van der Waals surface area contributed by atoms with Gasteiger partial charge in [-0.05, 0) is 36.4 Å². The van der Waals surface area contributed by atoms with Gasteiger partial charge in [0.05, 0.1) is 21.7 Å². The lowest BCUT2D eigenvalue weighted by molar-refractivity contribution is 0.629. The summed E-state index contributed by atoms with van der Waals surface area (Å²) in [5, 5.41) is 11.6. The average molecular weight is 281 g/mol. The summed E-state index contributed by atoms with van der Waals surface area (Å²) in [7, 11) is 0. The molecule has 0 amide bonds. The fourth-order valence-electron chi connectivity index (χ4n) is 1.42. The van der Waals surface area contributed by atoms with Crippen LogP contribution in [0.15, 0.2) is 36.4 Å². The lowest BCUT2D eigenvalue weighted by Gasteiger charge is -2.08. The zero-order chi connectivity index (χ0) is 13.1. The molecule has 0 aliphatic carbocycles. The molecule has 0 aliphatic rings. The minimum atomic E-state index is -0.635. The van der Waals surface area contributed by atoms with E-state index in [2.05, 4.69) is 5.32 Å². The van der Waals surface area contributed by atoms with Crippen LogP contribution in [0.2, 0.25) is 10.0 Å². The second-order valence-corrected chi connectivity index (χ2v) is 4.38. The Labute approximate surface area is 114 Å². The third-order valence-corrected chi connectivity index (χ3v) is 2.84. The quantitative estimate of drug-likeness (QED) is 0.806. The zero-order valence-corrected chi connectivity index (χ0v) is 10.6. The fourth-order valence-corrected chi connectivity index (χ4v) is 1.91. The van der Waals surface area contributed by atoms with Crippen LogP contribution >= 0.6 is 23.2 Å². The number of hydrogen-bond acceptors (Lipinski definition) is 2. The molecule has 0 spiro atoms. The molecular weight excluding hydrogens is 274 g/mol. The summed E-state index contributed by atoms with van der Waals surface area (Å²) in [6.07, 6.45) is 0. The van der Waals surface area contributed by atoms with E-state index in [-0.39, 0.29) is 10.0 Å². The predicted molar refractivity (Wildman–Crippen MR) is 70.9 cm³/mol. The number of nitrogens with one attached hydrogen (secondary N) is 1. The van der Waals surface area contributed by atoms with Gasteiger partial charge in [0.25, 0.3) is 0 Å². The van der Waals surface area contributed by atoms with E-state index in [0.717, 1.165) is 5.69 Å². The molecule has 0 bridgehead atoms. The van der Waals surface area contributed by atoms with Crippen LogP contribution in [0.25, 0.3) is 0 Å². The molecule has 1 N–H and O–H groups in total. The monoisotopic (exact) mass is 280 g/mol. The molecule has 2 nitrogen and oxygen atoms in total. The van der Waals surface area contributed by atoms with Crippen LogP contribution < -0.4 is 5.32 Å². The van der Waals surface area contributed by atoms with Crippen LogP contribution in [0.1, 0.15) is 5.56 Å². The van der Waals surface area contributed by atoms with Crippen molar-refractivity contribution >= 4 is 34.6 Å². The van der Waals surface area contributed by atoms with Gasteiger partial charge in [-0.2, -0.15) is 5.26 Å². The van der Waals surface area contributed by atoms with Crippen molar-refractivity contribution < 1.29 is 4.39 Å². The van der Waals surface area contributed by atoms with Gasteiger partial charge in [-0.1, -0.05) is 23.2 Å². The first kappa shape index (κ1) is 12.7. The number of halogens is 3. The Morgan fingerprint density at radius 2 is 1.56 bits per heavy atom. The van der Waals surface area contributed by atoms with Gasteiger partial charge in [0.2, 0.25) is 0 Å². The number of nitrogens with zero attached hydrogens (tertiary/aromatic N) is 1. The molecule has 0 heterocycles. The molecule has 0 saturated carbocycles. The van der Waals surface area contributed by atoms with Crippen LogP contribution in [0, 0.1) is 17.1 Å². The van der Waals surface area contributed by atoms with Gasteiger partial charge in [0, 0.05) is 11.4 Å². The number of hydrogen-bond donors (Lipinski definition) is 1. The highest BCUT2D eigenvalue weighted by Crippen LogP contribution is 2.29. The Balaban J connectivity index is 2.26. The summed E-state index contributed by atoms with van der Waals surface area (Å²) < 4.78 is 13.2. The maximum absolute atomic E-state index is 13.2. The van der Waals surface area contributed by atoms with Crippen LogP contribution in [0.5, 0.6) is 0 Å². The maximum atomic E-state index is 13.2. The lowest BCUT2D eigenvalue weighted by Crippen LogP contribution is -1.92. The molecule has 0 atom stereocenters. The molecule has 0 aliphatic heterocycles. The Kier molecular flexibility index (Phi) is 3.71. The van der Waals surface area contributed by atoms with E-state index >= 15 is 0 Å². The Bertz CT molecular complexity index is 595. The van der Waals surface area contributed by atoms with Crippen LogP contribution in [-0.4, -0.2) is 0 Å². The van der Waals surface area contributed by atoms with E-state index in [1.54, 1.807) is 24.3 Å². The third-order valence-electron chi connectivity index (χ3n) is 2.29. The van der Waals surface area contributed by atoms with E-state index in [1.165, 1.54) is 12.1 Å². The van der Waals surface area contributed by atoms with Crippen molar-refractivity contribution in [2.45, 2.75) is 0 Å². The standard InChI is InChI=1S/C13H7Cl2FN2/c14-11-5-10(6-12(15)13(11)16)18-9-3-1-8(7-17)2-4-9/h1-6,18H. The smallest absolute Gasteiger partial charge is 0.160 e. The van der Waals surface area contributed by atoms with E-state index in [9.17, 15) is 4.39 Å². The van der Waals surface area contributed by atoms with Gasteiger partial charge in [-0.3, -0.25) is 0 Å². The van der Waals surface area contributed by atoms with Crippen LogP contribution in [-0.2, 0) is 0 Å². The van der Waals surface area contributed by atoms with Gasteiger partial charge < -0.3 is 5.32 Å². The fraction of sp³-hybridized carbons (Fsp3) is 0. The first-order valence-corrected chi connectivity index (χ1v) is 5.77. The van der Waals surface area contributed by atoms with Crippen molar-refractivity contribution in [1.82, 2.24) is 0 Å². The molecule has 2 aromatic carbocycles. The summed E-state index contributed by atoms with van der Waals surface area (Å²) in [4.78, 5) is 0. The van der Waals surface area contributed by atoms with E-state index in [4.69, 9.17) is 28.5 Å². The van der Waals surface area contributed by atoms with E-state index in [0.29, 0.717) is 11.3 Å². The van der Waals surface area contributed by atoms with Gasteiger partial charge in [0.1, 0.15) is 0 Å². The van der Waals surface area contributed by atoms with E-state index in [1.807, 2.05) is 6.07 Å². The van der Waals surface area contributed by atoms with Crippen molar-refractivity contribution in [3.63, 3.8) is 0 Å². The van der Waals surface area contributed by atoms with Crippen molar-refractivity contribution in [2.75, 3.05) is 5.32 Å². The molecule has 0 aromatic heterocycles. The SMILES string of the molecule is N#Cc1ccc(Nc2cc(Cl)c(F)c(Cl)c2)cc1. The van der Waals surface area contributed by atoms with Crippen LogP contribution in [0.3, 0.4) is 0 Å². The Morgan fingerprint density at radius 1 is 1.00 bits per heavy atom. The van der Waals surface area contributed by atoms with Crippen molar-refractivity contribution in [1.29, 1.82) is 5.26 Å². The second kappa shape index (κ2) is 5.26. The van der Waals surface area contributed by atoms with Crippen molar-refractivity contribution in [2.24, 2.45) is 0 Å². The highest BCUT2D eigenvalue weighted by atomic mass is 35.5. The van der Waals surface area contributed by atoms with E-state index < -0.39 is 5.82 Å². The Hall–Kier alpha value is -1.76. The molecule has 90 valence electrons. The molecule has 18 heavy (non-hydrogen) atoms. The number of rotatable bonds is 2. The molecule has 0 fully saturated rings. The summed E-state index contributed by atoms with van der Waals surface area (Å²) in [5.41, 5.74) is 1.90. The first-order valence-electron chi connectivity index (χ1n) is 5.02. The van der Waals surface area contributed by atoms with Gasteiger partial charge in [-0.25, -0.2) is 4.39 Å². The third kappa shape index (κ3) is 2.73. The zero-order valence-electron chi connectivity index (χ0n) is 9.05. The largest absolute Gasteiger partial charge is 0.355 e. The highest BCUT2D eigenvalue weighted by Gasteiger charge is 2.07. The van der Waals surface area contributed by atoms with Crippen LogP contribution in [0.4, 0.5) is 15.8 Å². The van der Waals surface area contributed by atoms with Gasteiger partial charge >= 0.3 is 0 Å². The molecule has 5 heteroatoms. The molecule has 0 saturated heterocycles. The molecule has 2 aromatic rings. The molecule has 0 radical (unpaired) electrons. The number of nitriles is 1. The normalized spacial score (nSPS) is 9.89. The second-order valence-electron chi connectivity index (χ2n) is 3.57. The maximum Gasteiger partial charge on any atom is 0.160 e. The minimum absolute atomic E-state index is 0.0429. The van der Waals surface area contributed by atoms with Gasteiger partial charge in [0.15, 0.2) is 5.82 Å². The van der Waals surface area contributed by atoms with Crippen molar-refractivity contribution in [3.05, 3.63) is 57.8 Å². The predicted octanol–water partition coefficient (Wildman–Crippen LogP) is 4.75. The van der Waals surface area contributed by atoms with Crippen molar-refractivity contribution in [3.8, 4) is 6.07 Å². The average Bonchev–Trinajstić information content (AvgIpc) is 2.37. The Morgan fingerprint density at radius 3 is 2.06 bits per heavy atom. The summed E-state index contributed by atoms with van der Waals surface area (Å²) >= 11 is 11.4. The minimum Gasteiger partial charge on any atom is -0.355 e. The summed E-state index contributed by atoms with van der Waals surface area (Å²) in [5.74, 6) is -0.635. The molecule has 2 rings (SSSR count). The molecule has 0 unspecified atom stereocenters. The number of anilines is 2. The topological polar surface area (TPSA) is 35.8 Å².